The van der Waals surface area contributed by atoms with Crippen molar-refractivity contribution in [1.82, 2.24) is 4.90 Å². The summed E-state index contributed by atoms with van der Waals surface area (Å²) in [5, 5.41) is 3.00. The maximum Gasteiger partial charge on any atom is 0.263 e. The Morgan fingerprint density at radius 2 is 1.92 bits per heavy atom. The van der Waals surface area contributed by atoms with Crippen LogP contribution in [0.1, 0.15) is 40.4 Å². The minimum Gasteiger partial charge on any atom is -0.339 e. The molecule has 2 aromatic rings. The molecule has 0 saturated carbocycles. The van der Waals surface area contributed by atoms with Crippen LogP contribution in [0.15, 0.2) is 36.4 Å². The minimum atomic E-state index is -0.0290. The first-order valence-corrected chi connectivity index (χ1v) is 9.70. The molecule has 1 N–H and O–H groups in total. The van der Waals surface area contributed by atoms with Gasteiger partial charge in [-0.05, 0) is 56.9 Å². The average Bonchev–Trinajstić information content (AvgIpc) is 3.06. The second-order valence-electron chi connectivity index (χ2n) is 6.33. The topological polar surface area (TPSA) is 49.4 Å². The summed E-state index contributed by atoms with van der Waals surface area (Å²) in [4.78, 5) is 29.0. The molecule has 0 unspecified atom stereocenters. The lowest BCUT2D eigenvalue weighted by molar-refractivity contribution is -0.120. The zero-order valence-electron chi connectivity index (χ0n) is 14.7. The molecule has 0 fully saturated rings. The molecule has 0 bridgehead atoms. The van der Waals surface area contributed by atoms with Crippen molar-refractivity contribution in [2.75, 3.05) is 18.4 Å². The van der Waals surface area contributed by atoms with Crippen molar-refractivity contribution >= 4 is 28.8 Å². The van der Waals surface area contributed by atoms with Gasteiger partial charge in [0.25, 0.3) is 5.91 Å². The molecule has 1 aliphatic carbocycles. The molecular formula is C20H24N2O2S. The second-order valence-corrected chi connectivity index (χ2v) is 7.47. The fraction of sp³-hybridized carbons (Fsp3) is 0.400. The number of carbonyl (C=O) groups is 2. The van der Waals surface area contributed by atoms with E-state index in [1.807, 2.05) is 55.1 Å². The number of carbonyl (C=O) groups excluding carboxylic acids is 2. The highest BCUT2D eigenvalue weighted by Gasteiger charge is 2.28. The summed E-state index contributed by atoms with van der Waals surface area (Å²) in [7, 11) is 0. The van der Waals surface area contributed by atoms with Gasteiger partial charge < -0.3 is 10.2 Å². The van der Waals surface area contributed by atoms with Crippen LogP contribution in [0.4, 0.5) is 5.69 Å². The normalized spacial score (nSPS) is 16.2. The maximum absolute atomic E-state index is 12.5. The third-order valence-electron chi connectivity index (χ3n) is 4.76. The van der Waals surface area contributed by atoms with Gasteiger partial charge in [-0.2, -0.15) is 0 Å². The standard InChI is InChI=1S/C20H24N2O2S/c1-3-22(4-2)20(24)18-13-15-12-14(10-11-17(15)25-18)19(23)21-16-8-6-5-7-9-16/h5-9,13-14H,3-4,10-12H2,1-2H3,(H,21,23)/t14-/m1/s1. The van der Waals surface area contributed by atoms with Gasteiger partial charge in [0.1, 0.15) is 0 Å². The molecule has 25 heavy (non-hydrogen) atoms. The summed E-state index contributed by atoms with van der Waals surface area (Å²) in [5.74, 6) is 0.146. The average molecular weight is 356 g/mol. The molecule has 5 heteroatoms. The van der Waals surface area contributed by atoms with Gasteiger partial charge in [0.2, 0.25) is 5.91 Å². The number of anilines is 1. The molecule has 1 aliphatic rings. The van der Waals surface area contributed by atoms with Crippen molar-refractivity contribution < 1.29 is 9.59 Å². The van der Waals surface area contributed by atoms with Crippen LogP contribution in [0.3, 0.4) is 0 Å². The van der Waals surface area contributed by atoms with E-state index in [4.69, 9.17) is 0 Å². The van der Waals surface area contributed by atoms with Gasteiger partial charge in [-0.25, -0.2) is 0 Å². The van der Waals surface area contributed by atoms with E-state index in [-0.39, 0.29) is 17.7 Å². The number of rotatable bonds is 5. The molecule has 0 saturated heterocycles. The Morgan fingerprint density at radius 1 is 1.20 bits per heavy atom. The third kappa shape index (κ3) is 3.93. The predicted molar refractivity (Wildman–Crippen MR) is 102 cm³/mol. The zero-order valence-corrected chi connectivity index (χ0v) is 15.6. The number of hydrogen-bond acceptors (Lipinski definition) is 3. The van der Waals surface area contributed by atoms with E-state index in [1.54, 1.807) is 11.3 Å². The number of benzene rings is 1. The molecule has 1 aromatic carbocycles. The van der Waals surface area contributed by atoms with Crippen molar-refractivity contribution in [1.29, 1.82) is 0 Å². The number of nitrogens with one attached hydrogen (secondary N) is 1. The first-order chi connectivity index (χ1) is 12.1. The predicted octanol–water partition coefficient (Wildman–Crippen LogP) is 3.97. The Morgan fingerprint density at radius 3 is 2.60 bits per heavy atom. The van der Waals surface area contributed by atoms with E-state index >= 15 is 0 Å². The molecule has 1 heterocycles. The van der Waals surface area contributed by atoms with Gasteiger partial charge in [-0.3, -0.25) is 9.59 Å². The Kier molecular flexibility index (Phi) is 5.53. The number of amides is 2. The molecule has 2 amide bonds. The van der Waals surface area contributed by atoms with E-state index < -0.39 is 0 Å². The van der Waals surface area contributed by atoms with Crippen molar-refractivity contribution in [2.45, 2.75) is 33.1 Å². The van der Waals surface area contributed by atoms with Gasteiger partial charge in [0.05, 0.1) is 4.88 Å². The SMILES string of the molecule is CCN(CC)C(=O)c1cc2c(s1)CC[C@@H](C(=O)Nc1ccccc1)C2. The zero-order chi connectivity index (χ0) is 17.8. The largest absolute Gasteiger partial charge is 0.339 e. The monoisotopic (exact) mass is 356 g/mol. The van der Waals surface area contributed by atoms with Crippen LogP contribution < -0.4 is 5.32 Å². The van der Waals surface area contributed by atoms with E-state index in [0.29, 0.717) is 0 Å². The summed E-state index contributed by atoms with van der Waals surface area (Å²) in [6, 6.07) is 11.6. The Bertz CT molecular complexity index is 750. The highest BCUT2D eigenvalue weighted by molar-refractivity contribution is 7.14. The Balaban J connectivity index is 1.69. The molecule has 1 aromatic heterocycles. The van der Waals surface area contributed by atoms with Gasteiger partial charge in [-0.1, -0.05) is 18.2 Å². The number of fused-ring (bicyclic) bond motifs is 1. The van der Waals surface area contributed by atoms with Crippen molar-refractivity contribution in [3.8, 4) is 0 Å². The molecule has 0 aliphatic heterocycles. The molecular weight excluding hydrogens is 332 g/mol. The number of aryl methyl sites for hydroxylation is 1. The number of thiophene rings is 1. The number of para-hydroxylation sites is 1. The lowest BCUT2D eigenvalue weighted by Crippen LogP contribution is -2.29. The van der Waals surface area contributed by atoms with E-state index in [9.17, 15) is 9.59 Å². The molecule has 132 valence electrons. The van der Waals surface area contributed by atoms with Crippen LogP contribution in [-0.2, 0) is 17.6 Å². The Hall–Kier alpha value is -2.14. The van der Waals surface area contributed by atoms with Crippen LogP contribution in [0.2, 0.25) is 0 Å². The lowest BCUT2D eigenvalue weighted by atomic mass is 9.87. The summed E-state index contributed by atoms with van der Waals surface area (Å²) in [6.07, 6.45) is 2.43. The maximum atomic E-state index is 12.5. The molecule has 1 atom stereocenters. The van der Waals surface area contributed by atoms with Crippen molar-refractivity contribution in [3.63, 3.8) is 0 Å². The summed E-state index contributed by atoms with van der Waals surface area (Å²) in [5.41, 5.74) is 2.00. The Labute approximate surface area is 152 Å². The molecule has 3 rings (SSSR count). The van der Waals surface area contributed by atoms with E-state index in [0.717, 1.165) is 42.9 Å². The van der Waals surface area contributed by atoms with Gasteiger partial charge in [-0.15, -0.1) is 11.3 Å². The van der Waals surface area contributed by atoms with Gasteiger partial charge in [0, 0.05) is 29.6 Å². The van der Waals surface area contributed by atoms with E-state index in [1.165, 1.54) is 10.4 Å². The highest BCUT2D eigenvalue weighted by Crippen LogP contribution is 2.33. The first kappa shape index (κ1) is 17.7. The van der Waals surface area contributed by atoms with Crippen molar-refractivity contribution in [3.05, 3.63) is 51.7 Å². The molecule has 0 radical (unpaired) electrons. The minimum absolute atomic E-state index is 0.0290. The highest BCUT2D eigenvalue weighted by atomic mass is 32.1. The summed E-state index contributed by atoms with van der Waals surface area (Å²) >= 11 is 1.60. The lowest BCUT2D eigenvalue weighted by Gasteiger charge is -2.21. The van der Waals surface area contributed by atoms with Crippen molar-refractivity contribution in [2.24, 2.45) is 5.92 Å². The van der Waals surface area contributed by atoms with Crippen LogP contribution in [-0.4, -0.2) is 29.8 Å². The number of nitrogens with zero attached hydrogens (tertiary/aromatic N) is 1. The quantitative estimate of drug-likeness (QED) is 0.881. The molecule has 0 spiro atoms. The smallest absolute Gasteiger partial charge is 0.263 e. The second kappa shape index (κ2) is 7.83. The molecule has 4 nitrogen and oxygen atoms in total. The van der Waals surface area contributed by atoms with Gasteiger partial charge >= 0.3 is 0 Å². The van der Waals surface area contributed by atoms with E-state index in [2.05, 4.69) is 5.32 Å². The first-order valence-electron chi connectivity index (χ1n) is 8.89. The van der Waals surface area contributed by atoms with Crippen LogP contribution >= 0.6 is 11.3 Å². The fourth-order valence-corrected chi connectivity index (χ4v) is 4.46. The third-order valence-corrected chi connectivity index (χ3v) is 5.98. The van der Waals surface area contributed by atoms with Crippen LogP contribution in [0.5, 0.6) is 0 Å². The summed E-state index contributed by atoms with van der Waals surface area (Å²) < 4.78 is 0. The van der Waals surface area contributed by atoms with Crippen LogP contribution in [0.25, 0.3) is 0 Å². The summed E-state index contributed by atoms with van der Waals surface area (Å²) in [6.45, 7) is 5.44. The van der Waals surface area contributed by atoms with Gasteiger partial charge in [0.15, 0.2) is 0 Å². The van der Waals surface area contributed by atoms with Crippen LogP contribution in [0, 0.1) is 5.92 Å². The fourth-order valence-electron chi connectivity index (χ4n) is 3.29. The number of hydrogen-bond donors (Lipinski definition) is 1.